The molecule has 1 aliphatic rings. The van der Waals surface area contributed by atoms with E-state index in [2.05, 4.69) is 15.0 Å². The molecule has 0 unspecified atom stereocenters. The molecule has 3 aromatic rings. The van der Waals surface area contributed by atoms with Gasteiger partial charge in [0, 0.05) is 18.8 Å². The number of hydrogen-bond acceptors (Lipinski definition) is 5. The molecule has 0 spiro atoms. The minimum atomic E-state index is -4.72. The van der Waals surface area contributed by atoms with Gasteiger partial charge in [0.1, 0.15) is 11.6 Å². The monoisotopic (exact) mass is 510 g/mol. The molecule has 35 heavy (non-hydrogen) atoms. The Kier molecular flexibility index (Phi) is 6.28. The number of nitrogens with zero attached hydrogens (tertiary/aromatic N) is 2. The van der Waals surface area contributed by atoms with Crippen LogP contribution in [-0.2, 0) is 22.7 Å². The maximum Gasteiger partial charge on any atom is 0.416 e. The lowest BCUT2D eigenvalue weighted by molar-refractivity contribution is -0.137. The Bertz CT molecular complexity index is 1400. The van der Waals surface area contributed by atoms with Crippen LogP contribution in [0.25, 0.3) is 0 Å². The van der Waals surface area contributed by atoms with E-state index in [-0.39, 0.29) is 35.6 Å². The largest absolute Gasteiger partial charge is 0.454 e. The van der Waals surface area contributed by atoms with Gasteiger partial charge in [-0.3, -0.25) is 10.0 Å². The first-order valence-corrected chi connectivity index (χ1v) is 11.7. The Balaban J connectivity index is 1.56. The molecule has 0 saturated carbocycles. The number of hydrogen-bond donors (Lipinski definition) is 2. The predicted octanol–water partition coefficient (Wildman–Crippen LogP) is 5.20. The maximum atomic E-state index is 14.8. The fourth-order valence-corrected chi connectivity index (χ4v) is 4.44. The first-order valence-electron chi connectivity index (χ1n) is 10.2. The highest BCUT2D eigenvalue weighted by Crippen LogP contribution is 2.35. The van der Waals surface area contributed by atoms with Crippen LogP contribution in [0.2, 0.25) is 0 Å². The molecule has 1 aromatic heterocycles. The van der Waals surface area contributed by atoms with Gasteiger partial charge in [-0.25, -0.2) is 22.6 Å². The molecule has 184 valence electrons. The first-order chi connectivity index (χ1) is 16.5. The van der Waals surface area contributed by atoms with E-state index in [1.165, 1.54) is 29.3 Å². The lowest BCUT2D eigenvalue weighted by Crippen LogP contribution is -2.38. The van der Waals surface area contributed by atoms with E-state index in [9.17, 15) is 30.8 Å². The van der Waals surface area contributed by atoms with Crippen LogP contribution >= 0.6 is 0 Å². The van der Waals surface area contributed by atoms with Crippen LogP contribution in [0.4, 0.5) is 33.9 Å². The summed E-state index contributed by atoms with van der Waals surface area (Å²) in [7, 11) is -4.42. The summed E-state index contributed by atoms with van der Waals surface area (Å²) in [4.78, 5) is 17.0. The van der Waals surface area contributed by atoms with E-state index in [1.54, 1.807) is 6.92 Å². The Hall–Kier alpha value is -3.87. The fourth-order valence-electron chi connectivity index (χ4n) is 3.35. The zero-order valence-corrected chi connectivity index (χ0v) is 18.9. The number of halogens is 4. The molecule has 0 fully saturated rings. The second kappa shape index (κ2) is 9.06. The van der Waals surface area contributed by atoms with Gasteiger partial charge in [0.25, 0.3) is 10.0 Å². The molecule has 0 saturated heterocycles. The van der Waals surface area contributed by atoms with E-state index in [4.69, 9.17) is 4.74 Å². The van der Waals surface area contributed by atoms with Crippen molar-refractivity contribution in [2.75, 3.05) is 16.6 Å². The molecule has 4 rings (SSSR count). The molecule has 2 aromatic carbocycles. The van der Waals surface area contributed by atoms with Crippen LogP contribution in [0, 0.1) is 5.82 Å². The zero-order chi connectivity index (χ0) is 25.4. The van der Waals surface area contributed by atoms with Gasteiger partial charge in [-0.1, -0.05) is 6.07 Å². The number of sulfonamides is 1. The third kappa shape index (κ3) is 5.14. The highest BCUT2D eigenvalue weighted by Gasteiger charge is 2.32. The number of carbonyl (C=O) groups excluding carboxylic acids is 1. The average Bonchev–Trinajstić information content (AvgIpc) is 2.80. The molecule has 2 heterocycles. The zero-order valence-electron chi connectivity index (χ0n) is 18.1. The summed E-state index contributed by atoms with van der Waals surface area (Å²) in [6.45, 7) is 2.41. The van der Waals surface area contributed by atoms with Gasteiger partial charge in [-0.2, -0.15) is 13.2 Å². The minimum Gasteiger partial charge on any atom is -0.454 e. The van der Waals surface area contributed by atoms with E-state index < -0.39 is 32.5 Å². The average molecular weight is 510 g/mol. The number of rotatable bonds is 6. The quantitative estimate of drug-likeness (QED) is 0.444. The summed E-state index contributed by atoms with van der Waals surface area (Å²) in [5.41, 5.74) is -0.815. The highest BCUT2D eigenvalue weighted by molar-refractivity contribution is 7.92. The summed E-state index contributed by atoms with van der Waals surface area (Å²) in [5.74, 6) is -0.639. The van der Waals surface area contributed by atoms with Crippen LogP contribution in [0.1, 0.15) is 18.1 Å². The summed E-state index contributed by atoms with van der Waals surface area (Å²) in [6, 6.07) is 7.58. The van der Waals surface area contributed by atoms with Gasteiger partial charge in [-0.05, 0) is 43.3 Å². The molecule has 13 heteroatoms. The topological polar surface area (TPSA) is 101 Å². The lowest BCUT2D eigenvalue weighted by Gasteiger charge is -2.28. The number of anilines is 2. The third-order valence-electron chi connectivity index (χ3n) is 5.13. The number of carbonyl (C=O) groups is 1. The van der Waals surface area contributed by atoms with E-state index >= 15 is 0 Å². The van der Waals surface area contributed by atoms with Crippen molar-refractivity contribution >= 4 is 27.6 Å². The van der Waals surface area contributed by atoms with Crippen LogP contribution in [0.15, 0.2) is 59.6 Å². The summed E-state index contributed by atoms with van der Waals surface area (Å²) < 4.78 is 86.3. The van der Waals surface area contributed by atoms with Gasteiger partial charge in [0.15, 0.2) is 11.6 Å². The number of amides is 2. The summed E-state index contributed by atoms with van der Waals surface area (Å²) >= 11 is 0. The number of pyridine rings is 1. The maximum absolute atomic E-state index is 14.8. The molecule has 0 aliphatic carbocycles. The molecular formula is C22H18F4N4O4S. The number of fused-ring (bicyclic) bond motifs is 1. The third-order valence-corrected chi connectivity index (χ3v) is 6.51. The number of nitrogens with one attached hydrogen (secondary N) is 2. The van der Waals surface area contributed by atoms with Crippen molar-refractivity contribution in [3.8, 4) is 11.5 Å². The molecule has 2 amide bonds. The number of urea groups is 1. The van der Waals surface area contributed by atoms with E-state index in [0.29, 0.717) is 18.2 Å². The number of alkyl halides is 3. The van der Waals surface area contributed by atoms with Crippen LogP contribution in [-0.4, -0.2) is 30.9 Å². The SMILES string of the molecule is CCN1Cc2c(Oc3ccc(NS(=O)(=O)c4cccc(C(F)(F)F)c4)cc3F)ccnc2NC1=O. The van der Waals surface area contributed by atoms with Crippen LogP contribution in [0.5, 0.6) is 11.5 Å². The Morgan fingerprint density at radius 1 is 1.14 bits per heavy atom. The first kappa shape index (κ1) is 24.3. The van der Waals surface area contributed by atoms with Crippen molar-refractivity contribution in [2.45, 2.75) is 24.5 Å². The molecule has 8 nitrogen and oxygen atoms in total. The predicted molar refractivity (Wildman–Crippen MR) is 118 cm³/mol. The number of benzene rings is 2. The Labute approximate surface area is 197 Å². The number of aromatic nitrogens is 1. The van der Waals surface area contributed by atoms with E-state index in [1.807, 2.05) is 0 Å². The van der Waals surface area contributed by atoms with Crippen molar-refractivity contribution in [2.24, 2.45) is 0 Å². The van der Waals surface area contributed by atoms with Gasteiger partial charge in [0.2, 0.25) is 0 Å². The molecular weight excluding hydrogens is 492 g/mol. The van der Waals surface area contributed by atoms with Gasteiger partial charge in [-0.15, -0.1) is 0 Å². The fraction of sp³-hybridized carbons (Fsp3) is 0.182. The Morgan fingerprint density at radius 2 is 1.91 bits per heavy atom. The van der Waals surface area contributed by atoms with Crippen molar-refractivity contribution < 1.29 is 35.5 Å². The molecule has 2 N–H and O–H groups in total. The smallest absolute Gasteiger partial charge is 0.416 e. The normalized spacial score (nSPS) is 13.7. The summed E-state index contributed by atoms with van der Waals surface area (Å²) in [5, 5.41) is 2.62. The summed E-state index contributed by atoms with van der Waals surface area (Å²) in [6.07, 6.45) is -3.34. The van der Waals surface area contributed by atoms with E-state index in [0.717, 1.165) is 24.3 Å². The van der Waals surface area contributed by atoms with Gasteiger partial charge >= 0.3 is 12.2 Å². The van der Waals surface area contributed by atoms with Crippen LogP contribution < -0.4 is 14.8 Å². The number of ether oxygens (including phenoxy) is 1. The lowest BCUT2D eigenvalue weighted by atomic mass is 10.2. The standard InChI is InChI=1S/C22H18F4N4O4S/c1-2-30-12-16-18(8-9-27-20(16)28-21(30)31)34-19-7-6-14(11-17(19)23)29-35(32,33)15-5-3-4-13(10-15)22(24,25)26/h3-11,29H,2,12H2,1H3,(H,27,28,31). The van der Waals surface area contributed by atoms with Gasteiger partial charge < -0.3 is 9.64 Å². The second-order valence-corrected chi connectivity index (χ2v) is 9.14. The van der Waals surface area contributed by atoms with Crippen molar-refractivity contribution in [3.05, 3.63) is 71.7 Å². The van der Waals surface area contributed by atoms with Crippen molar-refractivity contribution in [3.63, 3.8) is 0 Å². The van der Waals surface area contributed by atoms with Gasteiger partial charge in [0.05, 0.1) is 28.3 Å². The highest BCUT2D eigenvalue weighted by atomic mass is 32.2. The molecule has 1 aliphatic heterocycles. The van der Waals surface area contributed by atoms with Crippen molar-refractivity contribution in [1.82, 2.24) is 9.88 Å². The minimum absolute atomic E-state index is 0.192. The molecule has 0 atom stereocenters. The van der Waals surface area contributed by atoms with Crippen LogP contribution in [0.3, 0.4) is 0 Å². The molecule has 0 bridgehead atoms. The van der Waals surface area contributed by atoms with Crippen molar-refractivity contribution in [1.29, 1.82) is 0 Å². The Morgan fingerprint density at radius 3 is 2.60 bits per heavy atom. The molecule has 0 radical (unpaired) electrons. The second-order valence-electron chi connectivity index (χ2n) is 7.46.